The molecular formula is C11H12F3NO2S. The summed E-state index contributed by atoms with van der Waals surface area (Å²) in [6.07, 6.45) is -2.56. The van der Waals surface area contributed by atoms with Gasteiger partial charge in [0.25, 0.3) is 0 Å². The lowest BCUT2D eigenvalue weighted by molar-refractivity contribution is -0.153. The highest BCUT2D eigenvalue weighted by Gasteiger charge is 2.28. The second-order valence-electron chi connectivity index (χ2n) is 3.41. The Morgan fingerprint density at radius 3 is 2.44 bits per heavy atom. The van der Waals surface area contributed by atoms with Crippen molar-refractivity contribution in [3.8, 4) is 5.75 Å². The van der Waals surface area contributed by atoms with Crippen molar-refractivity contribution in [3.63, 3.8) is 0 Å². The fourth-order valence-corrected chi connectivity index (χ4v) is 1.46. The van der Waals surface area contributed by atoms with Crippen LogP contribution in [0.2, 0.25) is 0 Å². The fraction of sp³-hybridized carbons (Fsp3) is 0.364. The minimum Gasteiger partial charge on any atom is -0.484 e. The molecule has 1 N–H and O–H groups in total. The molecule has 1 amide bonds. The Morgan fingerprint density at radius 1 is 1.33 bits per heavy atom. The molecule has 100 valence electrons. The summed E-state index contributed by atoms with van der Waals surface area (Å²) >= 11 is 1.38. The number of benzene rings is 1. The van der Waals surface area contributed by atoms with Gasteiger partial charge >= 0.3 is 6.18 Å². The van der Waals surface area contributed by atoms with Gasteiger partial charge in [0.2, 0.25) is 5.91 Å². The van der Waals surface area contributed by atoms with Gasteiger partial charge in [0, 0.05) is 5.69 Å². The number of carbonyl (C=O) groups excluding carboxylic acids is 1. The lowest BCUT2D eigenvalue weighted by Gasteiger charge is -2.10. The highest BCUT2D eigenvalue weighted by Crippen LogP contribution is 2.20. The lowest BCUT2D eigenvalue weighted by atomic mass is 10.3. The lowest BCUT2D eigenvalue weighted by Crippen LogP contribution is -2.19. The van der Waals surface area contributed by atoms with Crippen molar-refractivity contribution in [2.75, 3.05) is 23.9 Å². The van der Waals surface area contributed by atoms with E-state index in [-0.39, 0.29) is 11.7 Å². The number of anilines is 1. The van der Waals surface area contributed by atoms with Gasteiger partial charge in [0.1, 0.15) is 5.75 Å². The zero-order chi connectivity index (χ0) is 13.6. The van der Waals surface area contributed by atoms with Crippen molar-refractivity contribution < 1.29 is 22.7 Å². The van der Waals surface area contributed by atoms with E-state index >= 15 is 0 Å². The van der Waals surface area contributed by atoms with Gasteiger partial charge in [-0.05, 0) is 30.5 Å². The van der Waals surface area contributed by atoms with Crippen LogP contribution in [-0.4, -0.2) is 30.7 Å². The van der Waals surface area contributed by atoms with Crippen LogP contribution < -0.4 is 10.1 Å². The molecule has 0 unspecified atom stereocenters. The highest BCUT2D eigenvalue weighted by molar-refractivity contribution is 7.99. The van der Waals surface area contributed by atoms with Crippen LogP contribution in [0.25, 0.3) is 0 Å². The molecule has 1 aromatic carbocycles. The monoisotopic (exact) mass is 279 g/mol. The summed E-state index contributed by atoms with van der Waals surface area (Å²) in [7, 11) is 0. The molecule has 0 atom stereocenters. The Labute approximate surface area is 107 Å². The Morgan fingerprint density at radius 2 is 1.94 bits per heavy atom. The number of ether oxygens (including phenoxy) is 1. The number of hydrogen-bond acceptors (Lipinski definition) is 3. The van der Waals surface area contributed by atoms with Gasteiger partial charge in [-0.2, -0.15) is 24.9 Å². The Balaban J connectivity index is 2.50. The van der Waals surface area contributed by atoms with E-state index < -0.39 is 12.8 Å². The second kappa shape index (κ2) is 6.53. The molecule has 0 spiro atoms. The Hall–Kier alpha value is -1.37. The number of halogens is 3. The number of amides is 1. The van der Waals surface area contributed by atoms with Crippen LogP contribution >= 0.6 is 11.8 Å². The molecule has 18 heavy (non-hydrogen) atoms. The Bertz CT molecular complexity index is 392. The maximum atomic E-state index is 11.9. The fourth-order valence-electron chi connectivity index (χ4n) is 1.13. The smallest absolute Gasteiger partial charge is 0.422 e. The normalized spacial score (nSPS) is 11.1. The van der Waals surface area contributed by atoms with Crippen LogP contribution in [-0.2, 0) is 4.79 Å². The van der Waals surface area contributed by atoms with Crippen LogP contribution in [0.3, 0.4) is 0 Å². The van der Waals surface area contributed by atoms with Gasteiger partial charge < -0.3 is 10.1 Å². The third-order valence-electron chi connectivity index (χ3n) is 1.82. The van der Waals surface area contributed by atoms with Crippen molar-refractivity contribution >= 4 is 23.4 Å². The minimum absolute atomic E-state index is 0.107. The van der Waals surface area contributed by atoms with Crippen LogP contribution in [0.1, 0.15) is 0 Å². The van der Waals surface area contributed by atoms with E-state index in [4.69, 9.17) is 0 Å². The molecule has 0 aliphatic heterocycles. The van der Waals surface area contributed by atoms with Crippen LogP contribution in [0.5, 0.6) is 5.75 Å². The van der Waals surface area contributed by atoms with Gasteiger partial charge in [0.05, 0.1) is 5.75 Å². The molecule has 0 saturated carbocycles. The van der Waals surface area contributed by atoms with Crippen molar-refractivity contribution in [2.24, 2.45) is 0 Å². The van der Waals surface area contributed by atoms with E-state index in [1.807, 2.05) is 0 Å². The molecule has 3 nitrogen and oxygen atoms in total. The molecule has 0 fully saturated rings. The molecule has 1 aromatic rings. The number of thioether (sulfide) groups is 1. The minimum atomic E-state index is -4.36. The summed E-state index contributed by atoms with van der Waals surface area (Å²) in [6, 6.07) is 5.73. The van der Waals surface area contributed by atoms with E-state index in [0.29, 0.717) is 11.4 Å². The Kier molecular flexibility index (Phi) is 5.33. The number of carbonyl (C=O) groups is 1. The summed E-state index contributed by atoms with van der Waals surface area (Å²) in [4.78, 5) is 11.2. The van der Waals surface area contributed by atoms with Crippen molar-refractivity contribution in [2.45, 2.75) is 6.18 Å². The summed E-state index contributed by atoms with van der Waals surface area (Å²) in [5.74, 6) is 0.272. The highest BCUT2D eigenvalue weighted by atomic mass is 32.2. The van der Waals surface area contributed by atoms with Crippen molar-refractivity contribution in [1.29, 1.82) is 0 Å². The van der Waals surface area contributed by atoms with Gasteiger partial charge in [-0.15, -0.1) is 0 Å². The van der Waals surface area contributed by atoms with Gasteiger partial charge in [-0.25, -0.2) is 0 Å². The van der Waals surface area contributed by atoms with E-state index in [1.165, 1.54) is 36.0 Å². The molecule has 0 aromatic heterocycles. The molecule has 0 radical (unpaired) electrons. The first-order chi connectivity index (χ1) is 8.40. The molecular weight excluding hydrogens is 267 g/mol. The average Bonchev–Trinajstić information content (AvgIpc) is 2.27. The summed E-state index contributed by atoms with van der Waals surface area (Å²) < 4.78 is 40.2. The van der Waals surface area contributed by atoms with E-state index in [2.05, 4.69) is 10.1 Å². The third-order valence-corrected chi connectivity index (χ3v) is 2.37. The number of hydrogen-bond donors (Lipinski definition) is 1. The predicted octanol–water partition coefficient (Wildman–Crippen LogP) is 2.93. The second-order valence-corrected chi connectivity index (χ2v) is 4.28. The topological polar surface area (TPSA) is 38.3 Å². The van der Waals surface area contributed by atoms with Crippen molar-refractivity contribution in [3.05, 3.63) is 24.3 Å². The van der Waals surface area contributed by atoms with Crippen LogP contribution in [0, 0.1) is 0 Å². The van der Waals surface area contributed by atoms with E-state index in [0.717, 1.165) is 0 Å². The molecule has 7 heteroatoms. The number of nitrogens with one attached hydrogen (secondary N) is 1. The van der Waals surface area contributed by atoms with Crippen LogP contribution in [0.15, 0.2) is 24.3 Å². The first-order valence-electron chi connectivity index (χ1n) is 4.99. The van der Waals surface area contributed by atoms with Crippen molar-refractivity contribution in [1.82, 2.24) is 0 Å². The zero-order valence-corrected chi connectivity index (χ0v) is 10.4. The predicted molar refractivity (Wildman–Crippen MR) is 65.0 cm³/mol. The molecule has 0 saturated heterocycles. The van der Waals surface area contributed by atoms with Gasteiger partial charge in [-0.1, -0.05) is 0 Å². The maximum Gasteiger partial charge on any atom is 0.422 e. The van der Waals surface area contributed by atoms with Gasteiger partial charge in [0.15, 0.2) is 6.61 Å². The first-order valence-corrected chi connectivity index (χ1v) is 6.38. The maximum absolute atomic E-state index is 11.9. The molecule has 0 bridgehead atoms. The molecule has 1 rings (SSSR count). The largest absolute Gasteiger partial charge is 0.484 e. The van der Waals surface area contributed by atoms with Crippen LogP contribution in [0.4, 0.5) is 18.9 Å². The quantitative estimate of drug-likeness (QED) is 0.900. The third kappa shape index (κ3) is 5.81. The van der Waals surface area contributed by atoms with Gasteiger partial charge in [-0.3, -0.25) is 4.79 Å². The average molecular weight is 279 g/mol. The molecule has 0 heterocycles. The SMILES string of the molecule is CSCC(=O)Nc1ccc(OCC(F)(F)F)cc1. The summed E-state index contributed by atoms with van der Waals surface area (Å²) in [5, 5.41) is 2.60. The zero-order valence-electron chi connectivity index (χ0n) is 9.58. The van der Waals surface area contributed by atoms with E-state index in [1.54, 1.807) is 6.26 Å². The number of alkyl halides is 3. The van der Waals surface area contributed by atoms with E-state index in [9.17, 15) is 18.0 Å². The standard InChI is InChI=1S/C11H12F3NO2S/c1-18-6-10(16)15-8-2-4-9(5-3-8)17-7-11(12,13)14/h2-5H,6-7H2,1H3,(H,15,16). The summed E-state index contributed by atoms with van der Waals surface area (Å²) in [5.41, 5.74) is 0.522. The summed E-state index contributed by atoms with van der Waals surface area (Å²) in [6.45, 7) is -1.33. The first kappa shape index (κ1) is 14.7. The molecule has 0 aliphatic carbocycles. The molecule has 0 aliphatic rings. The number of rotatable bonds is 5.